The van der Waals surface area contributed by atoms with Crippen LogP contribution < -0.4 is 29.1 Å². The Kier molecular flexibility index (Phi) is 10.2. The monoisotopic (exact) mass is 691 g/mol. The second kappa shape index (κ2) is 15.0. The van der Waals surface area contributed by atoms with E-state index >= 15 is 0 Å². The summed E-state index contributed by atoms with van der Waals surface area (Å²) in [4.78, 5) is 43.8. The average molecular weight is 692 g/mol. The van der Waals surface area contributed by atoms with E-state index in [1.54, 1.807) is 61.1 Å². The number of carbonyl (C=O) groups excluding carboxylic acids is 1. The van der Waals surface area contributed by atoms with Crippen molar-refractivity contribution in [1.82, 2.24) is 4.57 Å². The van der Waals surface area contributed by atoms with E-state index in [4.69, 9.17) is 23.9 Å². The minimum atomic E-state index is -0.817. The van der Waals surface area contributed by atoms with E-state index < -0.39 is 16.9 Å². The molecule has 2 heterocycles. The van der Waals surface area contributed by atoms with Crippen LogP contribution >= 0.6 is 11.3 Å². The van der Waals surface area contributed by atoms with Crippen LogP contribution in [0, 0.1) is 10.1 Å². The van der Waals surface area contributed by atoms with Crippen LogP contribution in [0.4, 0.5) is 5.69 Å². The molecule has 0 unspecified atom stereocenters. The number of esters is 1. The van der Waals surface area contributed by atoms with E-state index in [1.165, 1.54) is 23.5 Å². The number of rotatable bonds is 12. The fraction of sp³-hybridized carbons (Fsp3) is 0.184. The molecule has 12 heteroatoms. The van der Waals surface area contributed by atoms with Crippen molar-refractivity contribution >= 4 is 34.8 Å². The summed E-state index contributed by atoms with van der Waals surface area (Å²) >= 11 is 1.22. The van der Waals surface area contributed by atoms with Gasteiger partial charge in [-0.1, -0.05) is 59.9 Å². The second-order valence-corrected chi connectivity index (χ2v) is 12.1. The summed E-state index contributed by atoms with van der Waals surface area (Å²) in [6, 6.07) is 27.3. The molecule has 0 bridgehead atoms. The number of aromatic nitrogens is 1. The SMILES string of the molecule is CCOC(=O)C1=C(c2ccccc2)N=c2s/c(=C\c3ccc(OCc4ccc([N+](=O)[O-])cc4)c(OCC)c3)c(=O)n2[C@@H]1c1ccc(OC)cc1. The molecule has 1 aliphatic heterocycles. The normalized spacial score (nSPS) is 14.1. The van der Waals surface area contributed by atoms with E-state index in [1.807, 2.05) is 55.5 Å². The molecule has 11 nitrogen and oxygen atoms in total. The maximum atomic E-state index is 14.3. The van der Waals surface area contributed by atoms with Crippen molar-refractivity contribution in [3.05, 3.63) is 155 Å². The Morgan fingerprint density at radius 3 is 2.34 bits per heavy atom. The van der Waals surface area contributed by atoms with E-state index in [0.29, 0.717) is 50.0 Å². The summed E-state index contributed by atoms with van der Waals surface area (Å²) in [7, 11) is 1.57. The number of nitro benzene ring substituents is 1. The zero-order chi connectivity index (χ0) is 35.2. The minimum absolute atomic E-state index is 0.00196. The fourth-order valence-electron chi connectivity index (χ4n) is 5.57. The van der Waals surface area contributed by atoms with Crippen molar-refractivity contribution in [2.75, 3.05) is 20.3 Å². The Morgan fingerprint density at radius 2 is 1.68 bits per heavy atom. The lowest BCUT2D eigenvalue weighted by atomic mass is 9.93. The lowest BCUT2D eigenvalue weighted by Gasteiger charge is -2.26. The van der Waals surface area contributed by atoms with Gasteiger partial charge in [-0.2, -0.15) is 0 Å². The molecular weight excluding hydrogens is 658 g/mol. The number of nitrogens with zero attached hydrogens (tertiary/aromatic N) is 3. The Labute approximate surface area is 291 Å². The molecule has 0 spiro atoms. The topological polar surface area (TPSA) is 131 Å². The Bertz CT molecular complexity index is 2240. The highest BCUT2D eigenvalue weighted by atomic mass is 32.1. The number of non-ortho nitro benzene ring substituents is 1. The van der Waals surface area contributed by atoms with Gasteiger partial charge < -0.3 is 18.9 Å². The molecule has 0 amide bonds. The van der Waals surface area contributed by atoms with Crippen molar-refractivity contribution in [3.8, 4) is 17.2 Å². The molecule has 0 saturated carbocycles. The van der Waals surface area contributed by atoms with Crippen LogP contribution in [0.3, 0.4) is 0 Å². The molecule has 254 valence electrons. The van der Waals surface area contributed by atoms with Gasteiger partial charge in [-0.25, -0.2) is 9.79 Å². The highest BCUT2D eigenvalue weighted by molar-refractivity contribution is 7.07. The number of carbonyl (C=O) groups is 1. The predicted molar refractivity (Wildman–Crippen MR) is 189 cm³/mol. The van der Waals surface area contributed by atoms with Crippen LogP contribution in [0.5, 0.6) is 17.2 Å². The third kappa shape index (κ3) is 7.06. The molecule has 0 aliphatic carbocycles. The van der Waals surface area contributed by atoms with Crippen LogP contribution in [-0.4, -0.2) is 35.8 Å². The van der Waals surface area contributed by atoms with Gasteiger partial charge in [0.05, 0.1) is 47.1 Å². The smallest absolute Gasteiger partial charge is 0.338 e. The number of benzene rings is 4. The Hall–Kier alpha value is -6.01. The minimum Gasteiger partial charge on any atom is -0.497 e. The number of hydrogen-bond acceptors (Lipinski definition) is 10. The third-order valence-corrected chi connectivity index (χ3v) is 8.90. The molecule has 1 aromatic heterocycles. The molecule has 4 aromatic carbocycles. The van der Waals surface area contributed by atoms with Crippen LogP contribution in [0.1, 0.15) is 42.1 Å². The molecule has 0 radical (unpaired) electrons. The van der Waals surface area contributed by atoms with Gasteiger partial charge in [-0.05, 0) is 73.0 Å². The maximum Gasteiger partial charge on any atom is 0.338 e. The van der Waals surface area contributed by atoms with Gasteiger partial charge in [0.25, 0.3) is 11.2 Å². The van der Waals surface area contributed by atoms with Gasteiger partial charge in [0.2, 0.25) is 0 Å². The zero-order valence-electron chi connectivity index (χ0n) is 27.5. The summed E-state index contributed by atoms with van der Waals surface area (Å²) in [5, 5.41) is 11.0. The van der Waals surface area contributed by atoms with Crippen molar-refractivity contribution in [2.45, 2.75) is 26.5 Å². The zero-order valence-corrected chi connectivity index (χ0v) is 28.3. The first kappa shape index (κ1) is 33.9. The highest BCUT2D eigenvalue weighted by Gasteiger charge is 2.35. The summed E-state index contributed by atoms with van der Waals surface area (Å²) in [6.45, 7) is 4.30. The first-order valence-corrected chi connectivity index (χ1v) is 16.7. The van der Waals surface area contributed by atoms with Crippen LogP contribution in [0.2, 0.25) is 0 Å². The molecule has 1 aliphatic rings. The van der Waals surface area contributed by atoms with Crippen LogP contribution in [0.25, 0.3) is 11.8 Å². The Morgan fingerprint density at radius 1 is 0.940 bits per heavy atom. The van der Waals surface area contributed by atoms with E-state index in [9.17, 15) is 19.7 Å². The molecule has 50 heavy (non-hydrogen) atoms. The van der Waals surface area contributed by atoms with Crippen molar-refractivity contribution in [2.24, 2.45) is 4.99 Å². The largest absolute Gasteiger partial charge is 0.497 e. The fourth-order valence-corrected chi connectivity index (χ4v) is 6.57. The predicted octanol–water partition coefficient (Wildman–Crippen LogP) is 5.83. The lowest BCUT2D eigenvalue weighted by molar-refractivity contribution is -0.384. The standard InChI is InChI=1S/C38H33N3O8S/c1-4-47-31-21-25(13-20-30(31)49-23-24-11-16-28(17-12-24)41(44)45)22-32-36(42)40-35(27-14-18-29(46-3)19-15-27)33(37(43)48-5-2)34(39-38(40)50-32)26-9-7-6-8-10-26/h6-22,35H,4-5,23H2,1-3H3/b32-22-/t35-/m1/s1. The van der Waals surface area contributed by atoms with Gasteiger partial charge in [-0.3, -0.25) is 19.5 Å². The first-order valence-electron chi connectivity index (χ1n) is 15.9. The quantitative estimate of drug-likeness (QED) is 0.0908. The number of nitro groups is 1. The summed E-state index contributed by atoms with van der Waals surface area (Å²) < 4.78 is 24.8. The van der Waals surface area contributed by atoms with Gasteiger partial charge in [0.1, 0.15) is 12.4 Å². The van der Waals surface area contributed by atoms with Crippen molar-refractivity contribution in [3.63, 3.8) is 0 Å². The van der Waals surface area contributed by atoms with Crippen LogP contribution in [0.15, 0.2) is 112 Å². The average Bonchev–Trinajstić information content (AvgIpc) is 3.45. The van der Waals surface area contributed by atoms with Crippen molar-refractivity contribution in [1.29, 1.82) is 0 Å². The van der Waals surface area contributed by atoms with Gasteiger partial charge in [0.15, 0.2) is 16.3 Å². The van der Waals surface area contributed by atoms with Crippen molar-refractivity contribution < 1.29 is 28.7 Å². The molecule has 0 N–H and O–H groups in total. The van der Waals surface area contributed by atoms with Gasteiger partial charge >= 0.3 is 5.97 Å². The molecule has 0 fully saturated rings. The number of ether oxygens (including phenoxy) is 4. The second-order valence-electron chi connectivity index (χ2n) is 11.1. The van der Waals surface area contributed by atoms with Gasteiger partial charge in [-0.15, -0.1) is 0 Å². The molecule has 0 saturated heterocycles. The molecule has 5 aromatic rings. The molecule has 1 atom stereocenters. The number of fused-ring (bicyclic) bond motifs is 1. The first-order chi connectivity index (χ1) is 24.3. The van der Waals surface area contributed by atoms with Gasteiger partial charge in [0, 0.05) is 17.7 Å². The summed E-state index contributed by atoms with van der Waals surface area (Å²) in [6.07, 6.45) is 1.76. The summed E-state index contributed by atoms with van der Waals surface area (Å²) in [5.41, 5.74) is 3.24. The van der Waals surface area contributed by atoms with E-state index in [-0.39, 0.29) is 30.0 Å². The van der Waals surface area contributed by atoms with E-state index in [0.717, 1.165) is 11.1 Å². The molecule has 6 rings (SSSR count). The maximum absolute atomic E-state index is 14.3. The Balaban J connectivity index is 1.44. The number of thiazole rings is 1. The summed E-state index contributed by atoms with van der Waals surface area (Å²) in [5.74, 6) is 1.03. The number of methoxy groups -OCH3 is 1. The highest BCUT2D eigenvalue weighted by Crippen LogP contribution is 2.36. The number of hydrogen-bond donors (Lipinski definition) is 0. The van der Waals surface area contributed by atoms with E-state index in [2.05, 4.69) is 0 Å². The lowest BCUT2D eigenvalue weighted by Crippen LogP contribution is -2.40. The third-order valence-electron chi connectivity index (χ3n) is 7.91. The van der Waals surface area contributed by atoms with Crippen LogP contribution in [-0.2, 0) is 16.1 Å². The molecular formula is C38H33N3O8S.